The van der Waals surface area contributed by atoms with E-state index in [1.807, 2.05) is 12.1 Å². The second-order valence-corrected chi connectivity index (χ2v) is 4.68. The molecule has 1 aliphatic heterocycles. The predicted molar refractivity (Wildman–Crippen MR) is 75.6 cm³/mol. The normalized spacial score (nSPS) is 15.6. The van der Waals surface area contributed by atoms with E-state index in [0.717, 1.165) is 5.69 Å². The molecule has 7 nitrogen and oxygen atoms in total. The van der Waals surface area contributed by atoms with Crippen molar-refractivity contribution in [2.24, 2.45) is 0 Å². The topological polar surface area (TPSA) is 89.5 Å². The van der Waals surface area contributed by atoms with Gasteiger partial charge in [0.2, 0.25) is 5.76 Å². The molecule has 21 heavy (non-hydrogen) atoms. The third-order valence-electron chi connectivity index (χ3n) is 3.41. The number of hydrogen-bond donors (Lipinski definition) is 0. The van der Waals surface area contributed by atoms with Crippen LogP contribution in [0.3, 0.4) is 0 Å². The fraction of sp³-hybridized carbons (Fsp3) is 0.143. The van der Waals surface area contributed by atoms with Gasteiger partial charge in [-0.15, -0.1) is 0 Å². The number of nitro groups is 1. The first-order chi connectivity index (χ1) is 10.0. The average Bonchev–Trinajstić information content (AvgIpc) is 2.94. The van der Waals surface area contributed by atoms with Gasteiger partial charge in [-0.3, -0.25) is 14.9 Å². The highest BCUT2D eigenvalue weighted by atomic mass is 16.6. The monoisotopic (exact) mass is 285 g/mol. The van der Waals surface area contributed by atoms with E-state index >= 15 is 0 Å². The van der Waals surface area contributed by atoms with Crippen molar-refractivity contribution in [1.82, 2.24) is 5.16 Å². The molecule has 2 heterocycles. The molecule has 7 heteroatoms. The zero-order chi connectivity index (χ0) is 15.1. The maximum absolute atomic E-state index is 12.3. The number of benzene rings is 1. The number of carbonyl (C=O) groups excluding carboxylic acids is 1. The molecule has 0 unspecified atom stereocenters. The van der Waals surface area contributed by atoms with Gasteiger partial charge in [0.25, 0.3) is 5.91 Å². The van der Waals surface area contributed by atoms with Gasteiger partial charge in [-0.2, -0.15) is 0 Å². The van der Waals surface area contributed by atoms with E-state index in [-0.39, 0.29) is 23.0 Å². The van der Waals surface area contributed by atoms with Crippen molar-refractivity contribution in [1.29, 1.82) is 0 Å². The summed E-state index contributed by atoms with van der Waals surface area (Å²) in [4.78, 5) is 24.3. The first kappa shape index (κ1) is 13.0. The van der Waals surface area contributed by atoms with E-state index in [1.54, 1.807) is 19.2 Å². The first-order valence-corrected chi connectivity index (χ1v) is 6.20. The zero-order valence-electron chi connectivity index (χ0n) is 11.4. The van der Waals surface area contributed by atoms with Crippen LogP contribution in [0.25, 0.3) is 11.6 Å². The zero-order valence-corrected chi connectivity index (χ0v) is 11.4. The number of carbonyl (C=O) groups is 1. The highest BCUT2D eigenvalue weighted by Gasteiger charge is 2.31. The molecule has 1 amide bonds. The summed E-state index contributed by atoms with van der Waals surface area (Å²) < 4.78 is 4.98. The van der Waals surface area contributed by atoms with Crippen LogP contribution >= 0.6 is 0 Å². The maximum atomic E-state index is 12.3. The summed E-state index contributed by atoms with van der Waals surface area (Å²) in [6.45, 7) is 1.49. The minimum absolute atomic E-state index is 0.0223. The lowest BCUT2D eigenvalue weighted by Gasteiger charge is -2.07. The summed E-state index contributed by atoms with van der Waals surface area (Å²) in [5.74, 6) is -0.259. The molecule has 0 N–H and O–H groups in total. The molecule has 2 aromatic rings. The molecule has 0 spiro atoms. The van der Waals surface area contributed by atoms with E-state index in [9.17, 15) is 14.9 Å². The average molecular weight is 285 g/mol. The van der Waals surface area contributed by atoms with Crippen molar-refractivity contribution in [2.45, 2.75) is 6.92 Å². The highest BCUT2D eigenvalue weighted by molar-refractivity contribution is 6.35. The van der Waals surface area contributed by atoms with Crippen molar-refractivity contribution < 1.29 is 14.2 Å². The minimum atomic E-state index is -0.562. The Morgan fingerprint density at radius 1 is 1.38 bits per heavy atom. The van der Waals surface area contributed by atoms with Crippen molar-refractivity contribution in [3.05, 3.63) is 51.4 Å². The number of nitrogens with zero attached hydrogens (tertiary/aromatic N) is 3. The van der Waals surface area contributed by atoms with Gasteiger partial charge in [0, 0.05) is 18.7 Å². The number of aromatic nitrogens is 1. The Hall–Kier alpha value is -2.96. The van der Waals surface area contributed by atoms with Crippen molar-refractivity contribution in [3.63, 3.8) is 0 Å². The lowest BCUT2D eigenvalue weighted by Crippen LogP contribution is -2.20. The van der Waals surface area contributed by atoms with Crippen LogP contribution in [0.1, 0.15) is 17.0 Å². The first-order valence-electron chi connectivity index (χ1n) is 6.20. The number of para-hydroxylation sites is 1. The Labute approximate surface area is 119 Å². The van der Waals surface area contributed by atoms with Gasteiger partial charge in [-0.1, -0.05) is 23.4 Å². The van der Waals surface area contributed by atoms with Crippen LogP contribution in [-0.4, -0.2) is 23.0 Å². The Morgan fingerprint density at radius 2 is 2.10 bits per heavy atom. The molecule has 0 bridgehead atoms. The summed E-state index contributed by atoms with van der Waals surface area (Å²) >= 11 is 0. The Bertz CT molecular complexity index is 791. The van der Waals surface area contributed by atoms with Crippen LogP contribution in [0.4, 0.5) is 11.4 Å². The lowest BCUT2D eigenvalue weighted by atomic mass is 10.1. The van der Waals surface area contributed by atoms with Gasteiger partial charge in [-0.05, 0) is 13.0 Å². The van der Waals surface area contributed by atoms with E-state index in [1.165, 1.54) is 17.9 Å². The van der Waals surface area contributed by atoms with E-state index in [4.69, 9.17) is 4.52 Å². The molecular formula is C14H11N3O4. The number of hydrogen-bond acceptors (Lipinski definition) is 5. The molecule has 0 atom stereocenters. The second-order valence-electron chi connectivity index (χ2n) is 4.68. The number of rotatable bonds is 2. The summed E-state index contributed by atoms with van der Waals surface area (Å²) in [6.07, 6.45) is 1.38. The van der Waals surface area contributed by atoms with Crippen LogP contribution in [0.5, 0.6) is 0 Å². The molecule has 3 rings (SSSR count). The number of anilines is 1. The highest BCUT2D eigenvalue weighted by Crippen LogP contribution is 2.37. The summed E-state index contributed by atoms with van der Waals surface area (Å²) in [5.41, 5.74) is 1.79. The van der Waals surface area contributed by atoms with Gasteiger partial charge in [0.1, 0.15) is 0 Å². The molecule has 0 radical (unpaired) electrons. The number of fused-ring (bicyclic) bond motifs is 1. The lowest BCUT2D eigenvalue weighted by molar-refractivity contribution is -0.386. The third-order valence-corrected chi connectivity index (χ3v) is 3.41. The van der Waals surface area contributed by atoms with Crippen LogP contribution in [-0.2, 0) is 4.79 Å². The standard InChI is InChI=1S/C14H11N3O4/c1-8-13(17(19)20)12(21-15-8)7-10-9-5-3-4-6-11(9)16(2)14(10)18/h3-7H,1-2H3/b10-7+. The van der Waals surface area contributed by atoms with Crippen molar-refractivity contribution in [3.8, 4) is 0 Å². The molecule has 1 aromatic heterocycles. The quantitative estimate of drug-likeness (QED) is 0.480. The Balaban J connectivity index is 2.17. The predicted octanol–water partition coefficient (Wildman–Crippen LogP) is 2.41. The smallest absolute Gasteiger partial charge is 0.338 e. The van der Waals surface area contributed by atoms with E-state index in [2.05, 4.69) is 5.16 Å². The van der Waals surface area contributed by atoms with Crippen molar-refractivity contribution >= 4 is 28.9 Å². The van der Waals surface area contributed by atoms with Gasteiger partial charge in [0.15, 0.2) is 5.69 Å². The molecule has 0 fully saturated rings. The summed E-state index contributed by atoms with van der Waals surface area (Å²) in [5, 5.41) is 14.6. The third kappa shape index (κ3) is 1.90. The minimum Gasteiger partial charge on any atom is -0.349 e. The molecule has 0 saturated carbocycles. The van der Waals surface area contributed by atoms with Crippen LogP contribution in [0.15, 0.2) is 28.8 Å². The molecule has 1 aromatic carbocycles. The Morgan fingerprint density at radius 3 is 2.81 bits per heavy atom. The van der Waals surface area contributed by atoms with Crippen LogP contribution < -0.4 is 4.90 Å². The van der Waals surface area contributed by atoms with Crippen LogP contribution in [0.2, 0.25) is 0 Å². The van der Waals surface area contributed by atoms with Gasteiger partial charge in [-0.25, -0.2) is 0 Å². The fourth-order valence-corrected chi connectivity index (χ4v) is 2.37. The van der Waals surface area contributed by atoms with Gasteiger partial charge in [0.05, 0.1) is 16.2 Å². The number of likely N-dealkylation sites (N-methyl/N-ethyl adjacent to an activating group) is 1. The number of amides is 1. The molecular weight excluding hydrogens is 274 g/mol. The molecule has 1 aliphatic rings. The largest absolute Gasteiger partial charge is 0.349 e. The summed E-state index contributed by atoms with van der Waals surface area (Å²) in [6, 6.07) is 7.23. The van der Waals surface area contributed by atoms with Gasteiger partial charge < -0.3 is 9.42 Å². The fourth-order valence-electron chi connectivity index (χ4n) is 2.37. The molecule has 0 aliphatic carbocycles. The van der Waals surface area contributed by atoms with E-state index in [0.29, 0.717) is 11.1 Å². The Kier molecular flexibility index (Phi) is 2.83. The SMILES string of the molecule is Cc1noc(/C=C2/C(=O)N(C)c3ccccc32)c1[N+](=O)[O-]. The second kappa shape index (κ2) is 4.55. The maximum Gasteiger partial charge on any atom is 0.338 e. The molecule has 0 saturated heterocycles. The van der Waals surface area contributed by atoms with Crippen LogP contribution in [0, 0.1) is 17.0 Å². The summed E-state index contributed by atoms with van der Waals surface area (Å²) in [7, 11) is 1.65. The van der Waals surface area contributed by atoms with E-state index < -0.39 is 4.92 Å². The van der Waals surface area contributed by atoms with Gasteiger partial charge >= 0.3 is 5.69 Å². The molecule has 106 valence electrons. The number of aryl methyl sites for hydroxylation is 1. The van der Waals surface area contributed by atoms with Crippen molar-refractivity contribution in [2.75, 3.05) is 11.9 Å².